The van der Waals surface area contributed by atoms with Crippen LogP contribution in [-0.2, 0) is 0 Å². The molecule has 0 radical (unpaired) electrons. The number of nitrogens with zero attached hydrogens (tertiary/aromatic N) is 1. The fourth-order valence-corrected chi connectivity index (χ4v) is 2.40. The summed E-state index contributed by atoms with van der Waals surface area (Å²) in [7, 11) is 0. The zero-order chi connectivity index (χ0) is 9.12. The Balaban J connectivity index is 2.27. The summed E-state index contributed by atoms with van der Waals surface area (Å²) in [5.41, 5.74) is 4.23. The zero-order valence-corrected chi connectivity index (χ0v) is 7.70. The molecule has 1 aromatic rings. The number of allylic oxidation sites excluding steroid dienone is 2. The molecule has 1 nitrogen and oxygen atoms in total. The number of benzene rings is 1. The van der Waals surface area contributed by atoms with Crippen LogP contribution in [0.2, 0.25) is 0 Å². The maximum atomic E-state index is 2.39. The van der Waals surface area contributed by atoms with E-state index in [0.29, 0.717) is 0 Å². The lowest BCUT2D eigenvalue weighted by molar-refractivity contribution is 0.595. The molecule has 0 amide bonds. The minimum Gasteiger partial charge on any atom is -0.337 e. The van der Waals surface area contributed by atoms with E-state index >= 15 is 0 Å². The second-order valence-corrected chi connectivity index (χ2v) is 3.89. The average molecular weight is 179 g/mol. The van der Waals surface area contributed by atoms with Gasteiger partial charge in [-0.25, -0.2) is 0 Å². The highest BCUT2D eigenvalue weighted by Crippen LogP contribution is 2.37. The van der Waals surface area contributed by atoms with E-state index in [9.17, 15) is 0 Å². The minimum absolute atomic E-state index is 1.04. The van der Waals surface area contributed by atoms with E-state index in [1.165, 1.54) is 27.4 Å². The molecule has 1 aromatic carbocycles. The van der Waals surface area contributed by atoms with E-state index in [4.69, 9.17) is 0 Å². The van der Waals surface area contributed by atoms with Crippen LogP contribution in [0.5, 0.6) is 0 Å². The van der Waals surface area contributed by atoms with Crippen LogP contribution in [0.3, 0.4) is 0 Å². The predicted molar refractivity (Wildman–Crippen MR) is 56.4 cm³/mol. The van der Waals surface area contributed by atoms with Crippen LogP contribution in [0.1, 0.15) is 0 Å². The monoisotopic (exact) mass is 179 g/mol. The molecule has 3 aliphatic rings. The van der Waals surface area contributed by atoms with Gasteiger partial charge >= 0.3 is 0 Å². The van der Waals surface area contributed by atoms with Gasteiger partial charge < -0.3 is 4.90 Å². The van der Waals surface area contributed by atoms with Crippen LogP contribution in [0.25, 0.3) is 11.3 Å². The van der Waals surface area contributed by atoms with Crippen molar-refractivity contribution in [1.82, 2.24) is 4.90 Å². The molecule has 0 aromatic heterocycles. The number of hydrogen-bond donors (Lipinski definition) is 0. The van der Waals surface area contributed by atoms with Gasteiger partial charge in [0, 0.05) is 23.0 Å². The first-order valence-corrected chi connectivity index (χ1v) is 4.95. The lowest BCUT2D eigenvalue weighted by atomic mass is 10.1. The Labute approximate surface area is 82.0 Å². The summed E-state index contributed by atoms with van der Waals surface area (Å²) in [4.78, 5) is 2.39. The topological polar surface area (TPSA) is 3.24 Å². The molecule has 2 heterocycles. The van der Waals surface area contributed by atoms with Gasteiger partial charge in [0.1, 0.15) is 0 Å². The molecule has 0 unspecified atom stereocenters. The number of hydrogen-bond acceptors (Lipinski definition) is 1. The van der Waals surface area contributed by atoms with Crippen LogP contribution in [0, 0.1) is 0 Å². The molecule has 14 heavy (non-hydrogen) atoms. The van der Waals surface area contributed by atoms with Gasteiger partial charge in [0.2, 0.25) is 0 Å². The molecule has 0 bridgehead atoms. The summed E-state index contributed by atoms with van der Waals surface area (Å²) >= 11 is 0. The Bertz CT molecular complexity index is 617. The zero-order valence-electron chi connectivity index (χ0n) is 7.70. The average Bonchev–Trinajstić information content (AvgIpc) is 2.89. The van der Waals surface area contributed by atoms with Gasteiger partial charge in [0.15, 0.2) is 0 Å². The Hall–Kier alpha value is -1.76. The van der Waals surface area contributed by atoms with Gasteiger partial charge in [0.05, 0.1) is 5.70 Å². The Morgan fingerprint density at radius 1 is 1.07 bits per heavy atom. The van der Waals surface area contributed by atoms with Crippen LogP contribution in [0.15, 0.2) is 48.2 Å². The van der Waals surface area contributed by atoms with Crippen molar-refractivity contribution >= 4 is 11.3 Å². The van der Waals surface area contributed by atoms with Gasteiger partial charge in [-0.15, -0.1) is 0 Å². The van der Waals surface area contributed by atoms with Crippen molar-refractivity contribution in [2.75, 3.05) is 6.54 Å². The van der Waals surface area contributed by atoms with Crippen molar-refractivity contribution in [1.29, 1.82) is 0 Å². The molecule has 0 saturated carbocycles. The van der Waals surface area contributed by atoms with Gasteiger partial charge in [-0.1, -0.05) is 30.3 Å². The summed E-state index contributed by atoms with van der Waals surface area (Å²) in [5, 5.41) is 2.79. The predicted octanol–water partition coefficient (Wildman–Crippen LogP) is 0.728. The smallest absolute Gasteiger partial charge is 0.0501 e. The van der Waals surface area contributed by atoms with Crippen LogP contribution in [0.4, 0.5) is 0 Å². The summed E-state index contributed by atoms with van der Waals surface area (Å²) in [6, 6.07) is 8.66. The Kier molecular flexibility index (Phi) is 0.954. The summed E-state index contributed by atoms with van der Waals surface area (Å²) in [6.45, 7) is 1.04. The first-order chi connectivity index (χ1) is 6.95. The molecule has 0 saturated heterocycles. The SMILES string of the molecule is C1=CC2=c3ccccc3=C3C=C3N2C1. The highest BCUT2D eigenvalue weighted by Gasteiger charge is 2.30. The van der Waals surface area contributed by atoms with Crippen LogP contribution >= 0.6 is 0 Å². The third kappa shape index (κ3) is 0.630. The summed E-state index contributed by atoms with van der Waals surface area (Å²) < 4.78 is 0. The standard InChI is InChI=1S/C13H9N/c1-2-5-10-9(4-1)11-8-13(11)14-7-3-6-12(10)14/h1-6,8H,7H2. The van der Waals surface area contributed by atoms with E-state index in [1.807, 2.05) is 0 Å². The maximum absolute atomic E-state index is 2.39. The molecule has 0 fully saturated rings. The first kappa shape index (κ1) is 6.66. The number of rotatable bonds is 0. The van der Waals surface area contributed by atoms with E-state index in [2.05, 4.69) is 47.4 Å². The highest BCUT2D eigenvalue weighted by molar-refractivity contribution is 5.93. The van der Waals surface area contributed by atoms with Gasteiger partial charge in [-0.2, -0.15) is 0 Å². The molecular weight excluding hydrogens is 170 g/mol. The van der Waals surface area contributed by atoms with Crippen molar-refractivity contribution in [3.05, 3.63) is 58.6 Å². The second kappa shape index (κ2) is 2.01. The first-order valence-electron chi connectivity index (χ1n) is 4.95. The van der Waals surface area contributed by atoms with Crippen molar-refractivity contribution in [3.8, 4) is 0 Å². The molecule has 4 rings (SSSR count). The van der Waals surface area contributed by atoms with E-state index in [1.54, 1.807) is 0 Å². The molecule has 0 N–H and O–H groups in total. The van der Waals surface area contributed by atoms with Gasteiger partial charge in [-0.3, -0.25) is 0 Å². The van der Waals surface area contributed by atoms with Crippen molar-refractivity contribution in [3.63, 3.8) is 0 Å². The summed E-state index contributed by atoms with van der Waals surface area (Å²) in [5.74, 6) is 0. The van der Waals surface area contributed by atoms with Crippen LogP contribution < -0.4 is 10.4 Å². The Morgan fingerprint density at radius 3 is 2.86 bits per heavy atom. The lowest BCUT2D eigenvalue weighted by Crippen LogP contribution is -2.35. The van der Waals surface area contributed by atoms with Gasteiger partial charge in [-0.05, 0) is 17.4 Å². The molecular formula is C13H9N. The van der Waals surface area contributed by atoms with E-state index < -0.39 is 0 Å². The fraction of sp³-hybridized carbons (Fsp3) is 0.0769. The van der Waals surface area contributed by atoms with Crippen molar-refractivity contribution < 1.29 is 0 Å². The molecule has 66 valence electrons. The van der Waals surface area contributed by atoms with E-state index in [0.717, 1.165) is 6.54 Å². The van der Waals surface area contributed by atoms with Crippen molar-refractivity contribution in [2.45, 2.75) is 0 Å². The number of fused-ring (bicyclic) bond motifs is 4. The minimum atomic E-state index is 1.04. The largest absolute Gasteiger partial charge is 0.337 e. The molecule has 2 aliphatic heterocycles. The third-order valence-electron chi connectivity index (χ3n) is 3.11. The Morgan fingerprint density at radius 2 is 1.93 bits per heavy atom. The third-order valence-corrected chi connectivity index (χ3v) is 3.11. The quantitative estimate of drug-likeness (QED) is 0.567. The molecule has 0 atom stereocenters. The molecule has 1 heteroatoms. The molecule has 1 aliphatic carbocycles. The van der Waals surface area contributed by atoms with Gasteiger partial charge in [0.25, 0.3) is 0 Å². The second-order valence-electron chi connectivity index (χ2n) is 3.89. The lowest BCUT2D eigenvalue weighted by Gasteiger charge is -2.19. The van der Waals surface area contributed by atoms with E-state index in [-0.39, 0.29) is 0 Å². The van der Waals surface area contributed by atoms with Crippen LogP contribution in [-0.4, -0.2) is 11.4 Å². The maximum Gasteiger partial charge on any atom is 0.0501 e. The normalized spacial score (nSPS) is 20.3. The molecule has 0 spiro atoms. The summed E-state index contributed by atoms with van der Waals surface area (Å²) in [6.07, 6.45) is 6.74. The highest BCUT2D eigenvalue weighted by atomic mass is 15.2. The van der Waals surface area contributed by atoms with Crippen molar-refractivity contribution in [2.24, 2.45) is 0 Å². The fourth-order valence-electron chi connectivity index (χ4n) is 2.40.